The fraction of sp³-hybridized carbons (Fsp3) is 1.00. The molecule has 0 aromatic rings. The SMILES string of the molecule is [B][C@@H]1O[C@H](CO)C2OC(C)(C)O[C@@H]21. The van der Waals surface area contributed by atoms with Gasteiger partial charge in [0.05, 0.1) is 6.61 Å². The molecule has 0 bridgehead atoms. The lowest BCUT2D eigenvalue weighted by Crippen LogP contribution is -2.31. The van der Waals surface area contributed by atoms with Crippen LogP contribution >= 0.6 is 0 Å². The summed E-state index contributed by atoms with van der Waals surface area (Å²) >= 11 is 0. The van der Waals surface area contributed by atoms with Crippen LogP contribution in [0.2, 0.25) is 0 Å². The Balaban J connectivity index is 2.12. The molecule has 0 aromatic heterocycles. The minimum Gasteiger partial charge on any atom is -0.394 e. The van der Waals surface area contributed by atoms with Crippen LogP contribution < -0.4 is 0 Å². The average Bonchev–Trinajstić information content (AvgIpc) is 2.47. The van der Waals surface area contributed by atoms with Gasteiger partial charge in [-0.25, -0.2) is 0 Å². The highest BCUT2D eigenvalue weighted by Crippen LogP contribution is 2.37. The lowest BCUT2D eigenvalue weighted by atomic mass is 9.93. The van der Waals surface area contributed by atoms with Gasteiger partial charge in [-0.05, 0) is 13.8 Å². The summed E-state index contributed by atoms with van der Waals surface area (Å²) in [5.41, 5.74) is 0. The van der Waals surface area contributed by atoms with Gasteiger partial charge >= 0.3 is 0 Å². The van der Waals surface area contributed by atoms with Crippen molar-refractivity contribution < 1.29 is 19.3 Å². The van der Waals surface area contributed by atoms with Gasteiger partial charge in [-0.3, -0.25) is 0 Å². The number of hydrogen-bond donors (Lipinski definition) is 1. The molecular formula is C8H13BO4. The van der Waals surface area contributed by atoms with Crippen molar-refractivity contribution >= 4 is 7.85 Å². The van der Waals surface area contributed by atoms with Crippen LogP contribution in [-0.4, -0.2) is 49.7 Å². The topological polar surface area (TPSA) is 47.9 Å². The maximum atomic E-state index is 8.98. The van der Waals surface area contributed by atoms with E-state index in [4.69, 9.17) is 27.2 Å². The molecule has 0 spiro atoms. The third kappa shape index (κ3) is 1.50. The summed E-state index contributed by atoms with van der Waals surface area (Å²) < 4.78 is 16.3. The van der Waals surface area contributed by atoms with Crippen LogP contribution in [0.25, 0.3) is 0 Å². The normalized spacial score (nSPS) is 47.9. The number of aliphatic hydroxyl groups is 1. The summed E-state index contributed by atoms with van der Waals surface area (Å²) in [6, 6.07) is -0.496. The van der Waals surface area contributed by atoms with E-state index in [0.29, 0.717) is 0 Å². The number of hydrogen-bond acceptors (Lipinski definition) is 4. The molecule has 5 heteroatoms. The number of fused-ring (bicyclic) bond motifs is 1. The van der Waals surface area contributed by atoms with E-state index in [2.05, 4.69) is 0 Å². The van der Waals surface area contributed by atoms with E-state index in [-0.39, 0.29) is 24.9 Å². The quantitative estimate of drug-likeness (QED) is 0.552. The van der Waals surface area contributed by atoms with Crippen molar-refractivity contribution in [2.45, 2.75) is 43.9 Å². The van der Waals surface area contributed by atoms with Gasteiger partial charge in [0.1, 0.15) is 26.2 Å². The first-order valence-electron chi connectivity index (χ1n) is 4.41. The third-order valence-corrected chi connectivity index (χ3v) is 2.37. The van der Waals surface area contributed by atoms with Crippen LogP contribution in [0.1, 0.15) is 13.8 Å². The Morgan fingerprint density at radius 2 is 1.92 bits per heavy atom. The molecule has 13 heavy (non-hydrogen) atoms. The zero-order chi connectivity index (χ0) is 9.64. The van der Waals surface area contributed by atoms with Crippen LogP contribution in [0.5, 0.6) is 0 Å². The fourth-order valence-electron chi connectivity index (χ4n) is 1.86. The molecule has 2 saturated heterocycles. The summed E-state index contributed by atoms with van der Waals surface area (Å²) in [5.74, 6) is -0.621. The molecular weight excluding hydrogens is 171 g/mol. The molecule has 2 rings (SSSR count). The smallest absolute Gasteiger partial charge is 0.163 e. The lowest BCUT2D eigenvalue weighted by molar-refractivity contribution is -0.182. The Morgan fingerprint density at radius 3 is 2.54 bits per heavy atom. The highest BCUT2D eigenvalue weighted by molar-refractivity contribution is 6.11. The Hall–Kier alpha value is -0.0951. The van der Waals surface area contributed by atoms with Crippen molar-refractivity contribution in [3.05, 3.63) is 0 Å². The van der Waals surface area contributed by atoms with Gasteiger partial charge in [-0.1, -0.05) is 0 Å². The summed E-state index contributed by atoms with van der Waals surface area (Å²) in [4.78, 5) is 0. The summed E-state index contributed by atoms with van der Waals surface area (Å²) in [7, 11) is 5.67. The Bertz CT molecular complexity index is 208. The first kappa shape index (κ1) is 9.46. The molecule has 72 valence electrons. The molecule has 0 aromatic carbocycles. The number of aliphatic hydroxyl groups excluding tert-OH is 1. The highest BCUT2D eigenvalue weighted by Gasteiger charge is 2.52. The van der Waals surface area contributed by atoms with Gasteiger partial charge in [-0.2, -0.15) is 0 Å². The second-order valence-corrected chi connectivity index (χ2v) is 3.89. The predicted molar refractivity (Wildman–Crippen MR) is 45.3 cm³/mol. The standard InChI is InChI=1S/C8H13BO4/c1-8(2)12-5-4(3-10)11-7(9)6(5)13-8/h4-7,10H,3H2,1-2H3/t4-,5?,6+,7-/m1/s1. The maximum absolute atomic E-state index is 8.98. The zero-order valence-electron chi connectivity index (χ0n) is 7.77. The van der Waals surface area contributed by atoms with E-state index in [1.54, 1.807) is 0 Å². The fourth-order valence-corrected chi connectivity index (χ4v) is 1.86. The van der Waals surface area contributed by atoms with E-state index < -0.39 is 11.8 Å². The van der Waals surface area contributed by atoms with Crippen LogP contribution in [0.3, 0.4) is 0 Å². The molecule has 0 amide bonds. The summed E-state index contributed by atoms with van der Waals surface area (Å²) in [6.45, 7) is 3.56. The van der Waals surface area contributed by atoms with Crippen molar-refractivity contribution in [1.29, 1.82) is 0 Å². The van der Waals surface area contributed by atoms with Gasteiger partial charge in [0, 0.05) is 6.00 Å². The maximum Gasteiger partial charge on any atom is 0.163 e. The van der Waals surface area contributed by atoms with Gasteiger partial charge in [0.25, 0.3) is 0 Å². The molecule has 2 aliphatic heterocycles. The van der Waals surface area contributed by atoms with Crippen molar-refractivity contribution in [3.63, 3.8) is 0 Å². The van der Waals surface area contributed by atoms with Gasteiger partial charge in [-0.15, -0.1) is 0 Å². The van der Waals surface area contributed by atoms with E-state index in [0.717, 1.165) is 0 Å². The largest absolute Gasteiger partial charge is 0.394 e. The monoisotopic (exact) mass is 184 g/mol. The van der Waals surface area contributed by atoms with Crippen molar-refractivity contribution in [3.8, 4) is 0 Å². The minimum atomic E-state index is -0.621. The molecule has 1 unspecified atom stereocenters. The highest BCUT2D eigenvalue weighted by atomic mass is 16.8. The Morgan fingerprint density at radius 1 is 1.31 bits per heavy atom. The average molecular weight is 184 g/mol. The van der Waals surface area contributed by atoms with Crippen LogP contribution in [0.15, 0.2) is 0 Å². The molecule has 0 aliphatic carbocycles. The first-order valence-corrected chi connectivity index (χ1v) is 4.41. The van der Waals surface area contributed by atoms with Gasteiger partial charge < -0.3 is 19.3 Å². The molecule has 4 nitrogen and oxygen atoms in total. The molecule has 2 radical (unpaired) electrons. The van der Waals surface area contributed by atoms with Gasteiger partial charge in [0.15, 0.2) is 5.79 Å². The van der Waals surface area contributed by atoms with E-state index in [1.165, 1.54) is 0 Å². The minimum absolute atomic E-state index is 0.0890. The molecule has 4 atom stereocenters. The molecule has 0 saturated carbocycles. The van der Waals surface area contributed by atoms with E-state index >= 15 is 0 Å². The predicted octanol–water partition coefficient (Wildman–Crippen LogP) is -0.608. The lowest BCUT2D eigenvalue weighted by Gasteiger charge is -2.22. The molecule has 2 heterocycles. The van der Waals surface area contributed by atoms with E-state index in [1.807, 2.05) is 13.8 Å². The third-order valence-electron chi connectivity index (χ3n) is 2.37. The van der Waals surface area contributed by atoms with E-state index in [9.17, 15) is 0 Å². The zero-order valence-corrected chi connectivity index (χ0v) is 7.77. The van der Waals surface area contributed by atoms with Crippen LogP contribution in [0, 0.1) is 0 Å². The number of rotatable bonds is 1. The van der Waals surface area contributed by atoms with Crippen LogP contribution in [0.4, 0.5) is 0 Å². The van der Waals surface area contributed by atoms with Gasteiger partial charge in [0.2, 0.25) is 0 Å². The Labute approximate surface area is 78.6 Å². The second-order valence-electron chi connectivity index (χ2n) is 3.89. The number of ether oxygens (including phenoxy) is 3. The van der Waals surface area contributed by atoms with Crippen molar-refractivity contribution in [1.82, 2.24) is 0 Å². The Kier molecular flexibility index (Phi) is 2.15. The van der Waals surface area contributed by atoms with Crippen molar-refractivity contribution in [2.24, 2.45) is 0 Å². The molecule has 2 aliphatic rings. The molecule has 1 N–H and O–H groups in total. The second kappa shape index (κ2) is 2.95. The summed E-state index contributed by atoms with van der Waals surface area (Å²) in [6.07, 6.45) is -0.857. The molecule has 2 fully saturated rings. The summed E-state index contributed by atoms with van der Waals surface area (Å²) in [5, 5.41) is 8.98. The van der Waals surface area contributed by atoms with Crippen LogP contribution in [-0.2, 0) is 14.2 Å². The first-order chi connectivity index (χ1) is 6.03. The van der Waals surface area contributed by atoms with Crippen molar-refractivity contribution in [2.75, 3.05) is 6.61 Å².